The fraction of sp³-hybridized carbons (Fsp3) is 0.143. The van der Waals surface area contributed by atoms with E-state index in [9.17, 15) is 0 Å². The van der Waals surface area contributed by atoms with E-state index in [1.165, 1.54) is 0 Å². The number of hydrogen-bond acceptors (Lipinski definition) is 1. The minimum atomic E-state index is 0.366. The van der Waals surface area contributed by atoms with Gasteiger partial charge >= 0.3 is 62.0 Å². The predicted molar refractivity (Wildman–Crippen MR) is 39.6 cm³/mol. The van der Waals surface area contributed by atoms with E-state index in [-0.39, 0.29) is 0 Å². The van der Waals surface area contributed by atoms with Crippen LogP contribution in [0.15, 0.2) is 18.2 Å². The molecule has 0 fully saturated rings. The molecule has 2 heteroatoms. The van der Waals surface area contributed by atoms with E-state index in [4.69, 9.17) is 5.11 Å². The van der Waals surface area contributed by atoms with Gasteiger partial charge in [0.05, 0.1) is 0 Å². The van der Waals surface area contributed by atoms with E-state index < -0.39 is 0 Å². The van der Waals surface area contributed by atoms with Crippen molar-refractivity contribution in [2.24, 2.45) is 0 Å². The zero-order chi connectivity index (χ0) is 6.85. The molecule has 0 saturated carbocycles. The van der Waals surface area contributed by atoms with Gasteiger partial charge in [-0.05, 0) is 0 Å². The van der Waals surface area contributed by atoms with Gasteiger partial charge in [0.1, 0.15) is 0 Å². The van der Waals surface area contributed by atoms with Crippen LogP contribution in [0.4, 0.5) is 0 Å². The molecule has 1 aromatic rings. The third kappa shape index (κ3) is 1.47. The Morgan fingerprint density at radius 3 is 2.56 bits per heavy atom. The monoisotopic (exact) mass is 188 g/mol. The molecule has 0 aliphatic heterocycles. The third-order valence-corrected chi connectivity index (χ3v) is 1.76. The number of phenolic OH excluding ortho intramolecular Hbond substituents is 1. The number of hydrogen-bond donors (Lipinski definition) is 1. The molecule has 0 spiro atoms. The summed E-state index contributed by atoms with van der Waals surface area (Å²) in [5, 5.41) is 9.04. The SMILES string of the molecule is Cc1cc([SeH])ccc1O. The Morgan fingerprint density at radius 1 is 1.44 bits per heavy atom. The van der Waals surface area contributed by atoms with Crippen molar-refractivity contribution >= 4 is 20.5 Å². The molecule has 1 aromatic carbocycles. The average Bonchev–Trinajstić information content (AvgIpc) is 1.80. The van der Waals surface area contributed by atoms with Crippen molar-refractivity contribution in [3.05, 3.63) is 23.8 Å². The Bertz CT molecular complexity index is 220. The first-order chi connectivity index (χ1) is 4.20. The molecule has 0 radical (unpaired) electrons. The Hall–Kier alpha value is -0.461. The van der Waals surface area contributed by atoms with Crippen LogP contribution in [-0.4, -0.2) is 21.1 Å². The second-order valence-corrected chi connectivity index (χ2v) is 3.05. The predicted octanol–water partition coefficient (Wildman–Crippen LogP) is 0.227. The summed E-state index contributed by atoms with van der Waals surface area (Å²) in [5.74, 6) is 0.366. The van der Waals surface area contributed by atoms with Gasteiger partial charge in [-0.25, -0.2) is 0 Å². The van der Waals surface area contributed by atoms with Crippen LogP contribution in [0.1, 0.15) is 5.56 Å². The first kappa shape index (κ1) is 6.66. The van der Waals surface area contributed by atoms with Crippen molar-refractivity contribution in [1.29, 1.82) is 0 Å². The van der Waals surface area contributed by atoms with Crippen LogP contribution in [0.2, 0.25) is 0 Å². The topological polar surface area (TPSA) is 20.2 Å². The molecule has 0 aromatic heterocycles. The standard InChI is InChI=1S/C7H8OSe/c1-5-4-6(9)2-3-7(5)8/h2-4,8-9H,1H3. The molecule has 1 nitrogen and oxygen atoms in total. The summed E-state index contributed by atoms with van der Waals surface area (Å²) in [7, 11) is 0. The van der Waals surface area contributed by atoms with Crippen molar-refractivity contribution in [1.82, 2.24) is 0 Å². The van der Waals surface area contributed by atoms with E-state index in [0.29, 0.717) is 5.75 Å². The van der Waals surface area contributed by atoms with Gasteiger partial charge in [0.2, 0.25) is 0 Å². The van der Waals surface area contributed by atoms with Crippen molar-refractivity contribution in [2.45, 2.75) is 6.92 Å². The zero-order valence-corrected chi connectivity index (χ0v) is 7.00. The molecule has 0 saturated heterocycles. The van der Waals surface area contributed by atoms with Crippen LogP contribution in [0.25, 0.3) is 0 Å². The van der Waals surface area contributed by atoms with Crippen LogP contribution in [0, 0.1) is 6.92 Å². The summed E-state index contributed by atoms with van der Waals surface area (Å²) in [6.07, 6.45) is 0. The van der Waals surface area contributed by atoms with E-state index >= 15 is 0 Å². The summed E-state index contributed by atoms with van der Waals surface area (Å²) >= 11 is 2.43. The number of rotatable bonds is 0. The maximum absolute atomic E-state index is 9.04. The van der Waals surface area contributed by atoms with Crippen LogP contribution >= 0.6 is 0 Å². The van der Waals surface area contributed by atoms with Gasteiger partial charge in [-0.1, -0.05) is 0 Å². The average molecular weight is 187 g/mol. The van der Waals surface area contributed by atoms with Gasteiger partial charge in [0.25, 0.3) is 0 Å². The minimum absolute atomic E-state index is 0.366. The molecule has 0 aliphatic rings. The van der Waals surface area contributed by atoms with Crippen LogP contribution in [0.3, 0.4) is 0 Å². The summed E-state index contributed by atoms with van der Waals surface area (Å²) in [6.45, 7) is 1.88. The molecule has 0 unspecified atom stereocenters. The molecule has 0 atom stereocenters. The molecular weight excluding hydrogens is 179 g/mol. The number of aryl methyl sites for hydroxylation is 1. The van der Waals surface area contributed by atoms with E-state index in [1.54, 1.807) is 6.07 Å². The third-order valence-electron chi connectivity index (χ3n) is 1.18. The quantitative estimate of drug-likeness (QED) is 0.576. The van der Waals surface area contributed by atoms with Gasteiger partial charge < -0.3 is 0 Å². The first-order valence-corrected chi connectivity index (χ1v) is 3.62. The molecule has 0 aliphatic carbocycles. The van der Waals surface area contributed by atoms with Gasteiger partial charge in [0, 0.05) is 0 Å². The molecular formula is C7H8OSe. The van der Waals surface area contributed by atoms with Crippen molar-refractivity contribution in [3.8, 4) is 5.75 Å². The summed E-state index contributed by atoms with van der Waals surface area (Å²) < 4.78 is 1.12. The molecule has 1 rings (SSSR count). The normalized spacial score (nSPS) is 9.56. The molecule has 0 bridgehead atoms. The Balaban J connectivity index is 3.17. The second-order valence-electron chi connectivity index (χ2n) is 1.97. The molecule has 0 amide bonds. The van der Waals surface area contributed by atoms with Gasteiger partial charge in [0.15, 0.2) is 0 Å². The zero-order valence-electron chi connectivity index (χ0n) is 5.13. The molecule has 1 N–H and O–H groups in total. The summed E-state index contributed by atoms with van der Waals surface area (Å²) in [5.41, 5.74) is 0.924. The maximum atomic E-state index is 9.04. The first-order valence-electron chi connectivity index (χ1n) is 2.69. The fourth-order valence-electron chi connectivity index (χ4n) is 0.640. The van der Waals surface area contributed by atoms with Crippen LogP contribution in [-0.2, 0) is 0 Å². The second kappa shape index (κ2) is 2.42. The number of aromatic hydroxyl groups is 1. The van der Waals surface area contributed by atoms with Crippen LogP contribution in [0.5, 0.6) is 5.75 Å². The van der Waals surface area contributed by atoms with Gasteiger partial charge in [-0.15, -0.1) is 0 Å². The van der Waals surface area contributed by atoms with Gasteiger partial charge in [-0.3, -0.25) is 0 Å². The van der Waals surface area contributed by atoms with Crippen molar-refractivity contribution < 1.29 is 5.11 Å². The summed E-state index contributed by atoms with van der Waals surface area (Å²) in [4.78, 5) is 0. The van der Waals surface area contributed by atoms with E-state index in [2.05, 4.69) is 16.0 Å². The Labute approximate surface area is 62.5 Å². The Morgan fingerprint density at radius 2 is 2.11 bits per heavy atom. The Kier molecular flexibility index (Phi) is 1.79. The van der Waals surface area contributed by atoms with Crippen molar-refractivity contribution in [2.75, 3.05) is 0 Å². The number of benzene rings is 1. The molecule has 9 heavy (non-hydrogen) atoms. The van der Waals surface area contributed by atoms with Crippen LogP contribution < -0.4 is 4.46 Å². The molecule has 0 heterocycles. The van der Waals surface area contributed by atoms with Crippen molar-refractivity contribution in [3.63, 3.8) is 0 Å². The van der Waals surface area contributed by atoms with E-state index in [1.807, 2.05) is 19.1 Å². The van der Waals surface area contributed by atoms with Gasteiger partial charge in [-0.2, -0.15) is 0 Å². The molecule has 48 valence electrons. The fourth-order valence-corrected chi connectivity index (χ4v) is 1.20. The summed E-state index contributed by atoms with van der Waals surface area (Å²) in [6, 6.07) is 5.49. The number of phenols is 1. The van der Waals surface area contributed by atoms with E-state index in [0.717, 1.165) is 10.0 Å².